The average Bonchev–Trinajstić information content (AvgIpc) is 2.94. The molecule has 1 atom stereocenters. The first-order chi connectivity index (χ1) is 11.9. The van der Waals surface area contributed by atoms with Gasteiger partial charge in [0, 0.05) is 15.4 Å². The highest BCUT2D eigenvalue weighted by atomic mass is 79.9. The van der Waals surface area contributed by atoms with E-state index in [1.54, 1.807) is 0 Å². The molecule has 1 aliphatic rings. The molecule has 0 saturated heterocycles. The second-order valence-electron chi connectivity index (χ2n) is 6.98. The van der Waals surface area contributed by atoms with Crippen LogP contribution in [0.4, 0.5) is 0 Å². The first-order valence-electron chi connectivity index (χ1n) is 9.06. The minimum Gasteiger partial charge on any atom is -0.466 e. The van der Waals surface area contributed by atoms with Gasteiger partial charge in [-0.05, 0) is 48.9 Å². The first kappa shape index (κ1) is 18.5. The molecule has 0 spiro atoms. The van der Waals surface area contributed by atoms with Gasteiger partial charge in [-0.2, -0.15) is 0 Å². The Hall–Kier alpha value is -1.33. The zero-order valence-corrected chi connectivity index (χ0v) is 17.0. The Balaban J connectivity index is 2.18. The van der Waals surface area contributed by atoms with Crippen LogP contribution in [0.5, 0.6) is 0 Å². The highest BCUT2D eigenvalue weighted by molar-refractivity contribution is 9.10. The number of esters is 1. The van der Waals surface area contributed by atoms with E-state index in [2.05, 4.69) is 53.8 Å². The summed E-state index contributed by atoms with van der Waals surface area (Å²) in [5, 5.41) is 1.23. The number of aromatic nitrogens is 1. The maximum atomic E-state index is 12.2. The molecular weight excluding hydrogens is 382 g/mol. The number of rotatable bonds is 5. The fourth-order valence-electron chi connectivity index (χ4n) is 3.85. The molecule has 3 rings (SSSR count). The molecule has 4 nitrogen and oxygen atoms in total. The van der Waals surface area contributed by atoms with Crippen LogP contribution >= 0.6 is 15.9 Å². The first-order valence-corrected chi connectivity index (χ1v) is 9.85. The van der Waals surface area contributed by atoms with Crippen LogP contribution in [0.1, 0.15) is 63.3 Å². The van der Waals surface area contributed by atoms with Crippen LogP contribution in [0.2, 0.25) is 0 Å². The molecule has 1 aliphatic heterocycles. The van der Waals surface area contributed by atoms with Crippen molar-refractivity contribution in [3.63, 3.8) is 0 Å². The molecule has 136 valence electrons. The molecule has 0 fully saturated rings. The van der Waals surface area contributed by atoms with Gasteiger partial charge >= 0.3 is 5.97 Å². The van der Waals surface area contributed by atoms with Gasteiger partial charge in [-0.15, -0.1) is 0 Å². The Kier molecular flexibility index (Phi) is 5.26. The molecule has 0 radical (unpaired) electrons. The third-order valence-electron chi connectivity index (χ3n) is 5.12. The summed E-state index contributed by atoms with van der Waals surface area (Å²) in [7, 11) is 0. The fraction of sp³-hybridized carbons (Fsp3) is 0.550. The van der Waals surface area contributed by atoms with Gasteiger partial charge in [-0.3, -0.25) is 4.79 Å². The fourth-order valence-corrected chi connectivity index (χ4v) is 4.33. The normalized spacial score (nSPS) is 20.1. The number of H-pyrrole nitrogens is 1. The summed E-state index contributed by atoms with van der Waals surface area (Å²) in [5.41, 5.74) is 4.13. The lowest BCUT2D eigenvalue weighted by molar-refractivity contribution is -0.154. The summed E-state index contributed by atoms with van der Waals surface area (Å²) < 4.78 is 12.5. The molecule has 1 aromatic carbocycles. The number of carbonyl (C=O) groups is 1. The molecule has 0 amide bonds. The lowest BCUT2D eigenvalue weighted by Gasteiger charge is -2.36. The van der Waals surface area contributed by atoms with Gasteiger partial charge in [-0.25, -0.2) is 0 Å². The second-order valence-corrected chi connectivity index (χ2v) is 7.89. The Morgan fingerprint density at radius 1 is 1.40 bits per heavy atom. The Bertz CT molecular complexity index is 796. The van der Waals surface area contributed by atoms with Crippen molar-refractivity contribution in [2.75, 3.05) is 13.2 Å². The number of carbonyl (C=O) groups excluding carboxylic acids is 1. The predicted octanol–water partition coefficient (Wildman–Crippen LogP) is 5.19. The predicted molar refractivity (Wildman–Crippen MR) is 103 cm³/mol. The quantitative estimate of drug-likeness (QED) is 0.694. The van der Waals surface area contributed by atoms with Crippen LogP contribution in [-0.4, -0.2) is 24.2 Å². The molecule has 1 unspecified atom stereocenters. The Morgan fingerprint density at radius 3 is 2.80 bits per heavy atom. The van der Waals surface area contributed by atoms with Crippen LogP contribution in [0, 0.1) is 0 Å². The zero-order chi connectivity index (χ0) is 18.2. The van der Waals surface area contributed by atoms with Crippen molar-refractivity contribution in [2.45, 2.75) is 58.5 Å². The summed E-state index contributed by atoms with van der Waals surface area (Å²) >= 11 is 3.65. The van der Waals surface area contributed by atoms with Gasteiger partial charge in [0.1, 0.15) is 5.60 Å². The summed E-state index contributed by atoms with van der Waals surface area (Å²) in [6.07, 6.45) is 1.83. The standard InChI is InChI=1S/C20H26BrNO3/c1-5-20(11-17(23)24-6-2)19-14(7-8-25-20)16-10-13(21)9-15(12(3)4)18(16)22-19/h9-10,12,22H,5-8,11H2,1-4H3. The van der Waals surface area contributed by atoms with Crippen molar-refractivity contribution in [2.24, 2.45) is 0 Å². The van der Waals surface area contributed by atoms with Crippen LogP contribution in [-0.2, 0) is 26.3 Å². The van der Waals surface area contributed by atoms with E-state index in [1.807, 2.05) is 6.92 Å². The van der Waals surface area contributed by atoms with E-state index < -0.39 is 5.60 Å². The maximum absolute atomic E-state index is 12.2. The van der Waals surface area contributed by atoms with Crippen LogP contribution in [0.15, 0.2) is 16.6 Å². The van der Waals surface area contributed by atoms with Crippen LogP contribution in [0.3, 0.4) is 0 Å². The Labute approximate surface area is 157 Å². The summed E-state index contributed by atoms with van der Waals surface area (Å²) in [4.78, 5) is 15.8. The van der Waals surface area contributed by atoms with E-state index in [0.29, 0.717) is 19.1 Å². The van der Waals surface area contributed by atoms with E-state index >= 15 is 0 Å². The number of hydrogen-bond donors (Lipinski definition) is 1. The van der Waals surface area contributed by atoms with Gasteiger partial charge in [0.25, 0.3) is 0 Å². The monoisotopic (exact) mass is 407 g/mol. The number of nitrogens with one attached hydrogen (secondary N) is 1. The van der Waals surface area contributed by atoms with Gasteiger partial charge in [0.2, 0.25) is 0 Å². The van der Waals surface area contributed by atoms with E-state index in [4.69, 9.17) is 9.47 Å². The van der Waals surface area contributed by atoms with Crippen LogP contribution < -0.4 is 0 Å². The van der Waals surface area contributed by atoms with Crippen molar-refractivity contribution in [1.82, 2.24) is 4.98 Å². The van der Waals surface area contributed by atoms with Gasteiger partial charge < -0.3 is 14.5 Å². The summed E-state index contributed by atoms with van der Waals surface area (Å²) in [6.45, 7) is 9.31. The number of ether oxygens (including phenoxy) is 2. The van der Waals surface area contributed by atoms with Crippen molar-refractivity contribution >= 4 is 32.8 Å². The molecule has 25 heavy (non-hydrogen) atoms. The summed E-state index contributed by atoms with van der Waals surface area (Å²) in [6, 6.07) is 4.35. The molecule has 0 aliphatic carbocycles. The Morgan fingerprint density at radius 2 is 2.16 bits per heavy atom. The SMILES string of the molecule is CCOC(=O)CC1(CC)OCCc2c1[nH]c1c(C(C)C)cc(Br)cc21. The number of benzene rings is 1. The van der Waals surface area contributed by atoms with Crippen molar-refractivity contribution in [3.05, 3.63) is 33.4 Å². The van der Waals surface area contributed by atoms with Gasteiger partial charge in [0.15, 0.2) is 0 Å². The minimum absolute atomic E-state index is 0.207. The number of fused-ring (bicyclic) bond motifs is 3. The number of aromatic amines is 1. The van der Waals surface area contributed by atoms with Gasteiger partial charge in [0.05, 0.1) is 25.3 Å². The van der Waals surface area contributed by atoms with Gasteiger partial charge in [-0.1, -0.05) is 36.7 Å². The highest BCUT2D eigenvalue weighted by Crippen LogP contribution is 2.43. The van der Waals surface area contributed by atoms with E-state index in [9.17, 15) is 4.79 Å². The minimum atomic E-state index is -0.625. The zero-order valence-electron chi connectivity index (χ0n) is 15.4. The number of halogens is 1. The highest BCUT2D eigenvalue weighted by Gasteiger charge is 2.41. The third kappa shape index (κ3) is 3.24. The number of hydrogen-bond acceptors (Lipinski definition) is 3. The molecule has 5 heteroatoms. The van der Waals surface area contributed by atoms with E-state index in [0.717, 1.165) is 28.5 Å². The van der Waals surface area contributed by atoms with Crippen molar-refractivity contribution in [3.8, 4) is 0 Å². The molecule has 1 aromatic heterocycles. The lowest BCUT2D eigenvalue weighted by atomic mass is 9.86. The molecule has 0 bridgehead atoms. The molecule has 2 aromatic rings. The van der Waals surface area contributed by atoms with Crippen LogP contribution in [0.25, 0.3) is 10.9 Å². The largest absolute Gasteiger partial charge is 0.466 e. The topological polar surface area (TPSA) is 51.3 Å². The molecule has 1 N–H and O–H groups in total. The second kappa shape index (κ2) is 7.12. The van der Waals surface area contributed by atoms with E-state index in [-0.39, 0.29) is 12.4 Å². The average molecular weight is 408 g/mol. The molecular formula is C20H26BrNO3. The third-order valence-corrected chi connectivity index (χ3v) is 5.58. The molecule has 0 saturated carbocycles. The maximum Gasteiger partial charge on any atom is 0.309 e. The smallest absolute Gasteiger partial charge is 0.309 e. The van der Waals surface area contributed by atoms with Crippen molar-refractivity contribution < 1.29 is 14.3 Å². The lowest BCUT2D eigenvalue weighted by Crippen LogP contribution is -2.37. The van der Waals surface area contributed by atoms with E-state index in [1.165, 1.54) is 16.5 Å². The summed E-state index contributed by atoms with van der Waals surface area (Å²) in [5.74, 6) is 0.197. The molecule has 2 heterocycles. The van der Waals surface area contributed by atoms with Crippen molar-refractivity contribution in [1.29, 1.82) is 0 Å².